The number of nitrogens with zero attached hydrogens (tertiary/aromatic N) is 2. The Kier molecular flexibility index (Phi) is 5.31. The predicted molar refractivity (Wildman–Crippen MR) is 132 cm³/mol. The molecule has 0 bridgehead atoms. The van der Waals surface area contributed by atoms with Crippen LogP contribution in [0.5, 0.6) is 0 Å². The Morgan fingerprint density at radius 2 is 1.89 bits per heavy atom. The van der Waals surface area contributed by atoms with Crippen molar-refractivity contribution in [3.8, 4) is 11.3 Å². The zero-order valence-corrected chi connectivity index (χ0v) is 19.7. The number of anilines is 2. The van der Waals surface area contributed by atoms with Gasteiger partial charge in [-0.3, -0.25) is 24.6 Å². The van der Waals surface area contributed by atoms with Gasteiger partial charge in [0.25, 0.3) is 5.69 Å². The molecule has 1 atom stereocenters. The first-order valence-electron chi connectivity index (χ1n) is 11.4. The van der Waals surface area contributed by atoms with Gasteiger partial charge in [-0.1, -0.05) is 38.1 Å². The summed E-state index contributed by atoms with van der Waals surface area (Å²) >= 11 is 0. The molecule has 1 unspecified atom stereocenters. The van der Waals surface area contributed by atoms with Crippen LogP contribution in [0.25, 0.3) is 11.3 Å². The number of furan rings is 1. The van der Waals surface area contributed by atoms with Gasteiger partial charge in [0.2, 0.25) is 5.91 Å². The molecule has 178 valence electrons. The highest BCUT2D eigenvalue weighted by Gasteiger charge is 2.43. The number of rotatable bonds is 3. The van der Waals surface area contributed by atoms with Gasteiger partial charge in [-0.05, 0) is 36.1 Å². The number of hydrogen-bond donors (Lipinski definition) is 1. The number of carbonyl (C=O) groups is 2. The van der Waals surface area contributed by atoms with Gasteiger partial charge in [0.15, 0.2) is 5.78 Å². The van der Waals surface area contributed by atoms with Crippen molar-refractivity contribution >= 4 is 28.8 Å². The van der Waals surface area contributed by atoms with Crippen LogP contribution in [-0.2, 0) is 9.59 Å². The molecule has 2 heterocycles. The third-order valence-electron chi connectivity index (χ3n) is 6.48. The van der Waals surface area contributed by atoms with Crippen LogP contribution in [0.2, 0.25) is 0 Å². The number of fused-ring (bicyclic) bond motifs is 1. The van der Waals surface area contributed by atoms with Crippen LogP contribution in [0.4, 0.5) is 17.1 Å². The van der Waals surface area contributed by atoms with E-state index in [2.05, 4.69) is 19.2 Å². The fourth-order valence-electron chi connectivity index (χ4n) is 5.03. The second-order valence-electron chi connectivity index (χ2n) is 9.78. The predicted octanol–water partition coefficient (Wildman–Crippen LogP) is 6.02. The normalized spacial score (nSPS) is 18.9. The molecule has 1 amide bonds. The highest BCUT2D eigenvalue weighted by molar-refractivity contribution is 6.05. The molecule has 5 rings (SSSR count). The second-order valence-corrected chi connectivity index (χ2v) is 9.78. The molecule has 8 heteroatoms. The van der Waals surface area contributed by atoms with Crippen molar-refractivity contribution in [1.29, 1.82) is 0 Å². The zero-order chi connectivity index (χ0) is 24.9. The van der Waals surface area contributed by atoms with Crippen molar-refractivity contribution in [2.24, 2.45) is 5.41 Å². The topological polar surface area (TPSA) is 106 Å². The molecule has 1 aliphatic heterocycles. The van der Waals surface area contributed by atoms with E-state index in [4.69, 9.17) is 4.42 Å². The molecule has 0 fully saturated rings. The van der Waals surface area contributed by atoms with Crippen molar-refractivity contribution in [3.05, 3.63) is 87.8 Å². The maximum Gasteiger partial charge on any atom is 0.270 e. The minimum absolute atomic E-state index is 0.0406. The number of allylic oxidation sites excluding steroid dienone is 1. The van der Waals surface area contributed by atoms with Crippen LogP contribution in [0.1, 0.15) is 45.4 Å². The first-order valence-corrected chi connectivity index (χ1v) is 11.4. The monoisotopic (exact) mass is 471 g/mol. The van der Waals surface area contributed by atoms with E-state index in [0.29, 0.717) is 41.2 Å². The Bertz CT molecular complexity index is 1400. The number of non-ortho nitro benzene ring substituents is 1. The summed E-state index contributed by atoms with van der Waals surface area (Å²) in [4.78, 5) is 39.0. The van der Waals surface area contributed by atoms with Crippen molar-refractivity contribution < 1.29 is 18.9 Å². The van der Waals surface area contributed by atoms with E-state index in [-0.39, 0.29) is 22.8 Å². The molecule has 1 N–H and O–H groups in total. The standard InChI is InChI=1S/C27H25N3O5/c1-16(31)29-21-10-5-4-9-19(21)28-20-14-27(2,3)15-22(32)25(20)26(29)24-12-11-23(35-24)17-7-6-8-18(13-17)30(33)34/h4-13,26,28H,14-15H2,1-3H3. The Hall–Kier alpha value is -4.20. The Labute approximate surface area is 202 Å². The summed E-state index contributed by atoms with van der Waals surface area (Å²) in [7, 11) is 0. The molecule has 0 spiro atoms. The van der Waals surface area contributed by atoms with E-state index >= 15 is 0 Å². The number of Topliss-reactive ketones (excluding diaryl/α,β-unsaturated/α-hetero) is 1. The number of nitrogens with one attached hydrogen (secondary N) is 1. The number of nitro benzene ring substituents is 1. The van der Waals surface area contributed by atoms with Gasteiger partial charge < -0.3 is 9.73 Å². The fourth-order valence-corrected chi connectivity index (χ4v) is 5.03. The lowest BCUT2D eigenvalue weighted by Gasteiger charge is -2.35. The van der Waals surface area contributed by atoms with Gasteiger partial charge in [-0.2, -0.15) is 0 Å². The van der Waals surface area contributed by atoms with Gasteiger partial charge in [0.05, 0.1) is 16.3 Å². The van der Waals surface area contributed by atoms with Gasteiger partial charge in [0.1, 0.15) is 17.6 Å². The average Bonchev–Trinajstić information content (AvgIpc) is 3.22. The van der Waals surface area contributed by atoms with Gasteiger partial charge in [-0.15, -0.1) is 0 Å². The van der Waals surface area contributed by atoms with Crippen LogP contribution >= 0.6 is 0 Å². The third kappa shape index (κ3) is 4.01. The maximum atomic E-state index is 13.5. The Morgan fingerprint density at radius 3 is 2.63 bits per heavy atom. The minimum Gasteiger partial charge on any atom is -0.458 e. The van der Waals surface area contributed by atoms with Crippen LogP contribution in [0.15, 0.2) is 76.4 Å². The quantitative estimate of drug-likeness (QED) is 0.370. The number of carbonyl (C=O) groups excluding carboxylic acids is 2. The molecule has 3 aromatic rings. The lowest BCUT2D eigenvalue weighted by atomic mass is 9.74. The molecule has 35 heavy (non-hydrogen) atoms. The highest BCUT2D eigenvalue weighted by Crippen LogP contribution is 2.48. The molecule has 0 saturated heterocycles. The van der Waals surface area contributed by atoms with Crippen LogP contribution < -0.4 is 10.2 Å². The third-order valence-corrected chi connectivity index (χ3v) is 6.48. The van der Waals surface area contributed by atoms with Crippen LogP contribution in [0, 0.1) is 15.5 Å². The Balaban J connectivity index is 1.70. The lowest BCUT2D eigenvalue weighted by Crippen LogP contribution is -2.38. The van der Waals surface area contributed by atoms with Gasteiger partial charge in [-0.25, -0.2) is 0 Å². The molecule has 2 aliphatic rings. The van der Waals surface area contributed by atoms with Crippen molar-refractivity contribution in [1.82, 2.24) is 0 Å². The Morgan fingerprint density at radius 1 is 1.11 bits per heavy atom. The summed E-state index contributed by atoms with van der Waals surface area (Å²) < 4.78 is 6.21. The maximum absolute atomic E-state index is 13.5. The fraction of sp³-hybridized carbons (Fsp3) is 0.259. The number of para-hydroxylation sites is 2. The summed E-state index contributed by atoms with van der Waals surface area (Å²) in [6, 6.07) is 16.3. The largest absolute Gasteiger partial charge is 0.458 e. The first kappa shape index (κ1) is 22.6. The first-order chi connectivity index (χ1) is 16.6. The van der Waals surface area contributed by atoms with E-state index in [1.807, 2.05) is 24.3 Å². The number of nitro groups is 1. The van der Waals surface area contributed by atoms with Gasteiger partial charge in [0, 0.05) is 42.3 Å². The van der Waals surface area contributed by atoms with E-state index in [1.165, 1.54) is 19.1 Å². The van der Waals surface area contributed by atoms with E-state index < -0.39 is 11.0 Å². The summed E-state index contributed by atoms with van der Waals surface area (Å²) in [6.45, 7) is 5.58. The number of amides is 1. The van der Waals surface area contributed by atoms with Crippen molar-refractivity contribution in [3.63, 3.8) is 0 Å². The minimum atomic E-state index is -0.769. The molecular formula is C27H25N3O5. The molecule has 1 aliphatic carbocycles. The highest BCUT2D eigenvalue weighted by atomic mass is 16.6. The molecule has 2 aromatic carbocycles. The smallest absolute Gasteiger partial charge is 0.270 e. The van der Waals surface area contributed by atoms with Crippen LogP contribution in [-0.4, -0.2) is 16.6 Å². The summed E-state index contributed by atoms with van der Waals surface area (Å²) in [5, 5.41) is 14.7. The number of benzene rings is 2. The number of hydrogen-bond acceptors (Lipinski definition) is 6. The molecular weight excluding hydrogens is 446 g/mol. The number of ketones is 1. The second kappa shape index (κ2) is 8.23. The summed E-state index contributed by atoms with van der Waals surface area (Å²) in [5.74, 6) is 0.564. The summed E-state index contributed by atoms with van der Waals surface area (Å²) in [5.41, 5.74) is 2.94. The van der Waals surface area contributed by atoms with Crippen molar-refractivity contribution in [2.75, 3.05) is 10.2 Å². The zero-order valence-electron chi connectivity index (χ0n) is 19.7. The molecule has 1 aromatic heterocycles. The molecule has 0 radical (unpaired) electrons. The lowest BCUT2D eigenvalue weighted by molar-refractivity contribution is -0.384. The molecule has 8 nitrogen and oxygen atoms in total. The van der Waals surface area contributed by atoms with E-state index in [1.54, 1.807) is 29.2 Å². The summed E-state index contributed by atoms with van der Waals surface area (Å²) in [6.07, 6.45) is 0.994. The van der Waals surface area contributed by atoms with Crippen molar-refractivity contribution in [2.45, 2.75) is 39.7 Å². The van der Waals surface area contributed by atoms with Crippen LogP contribution in [0.3, 0.4) is 0 Å². The van der Waals surface area contributed by atoms with E-state index in [9.17, 15) is 19.7 Å². The van der Waals surface area contributed by atoms with Gasteiger partial charge >= 0.3 is 0 Å². The molecule has 0 saturated carbocycles. The SMILES string of the molecule is CC(=O)N1c2ccccc2NC2=C(C(=O)CC(C)(C)C2)C1c1ccc(-c2cccc([N+](=O)[O-])c2)o1. The average molecular weight is 472 g/mol. The van der Waals surface area contributed by atoms with E-state index in [0.717, 1.165) is 11.4 Å².